The van der Waals surface area contributed by atoms with E-state index in [0.717, 1.165) is 12.8 Å². The van der Waals surface area contributed by atoms with Crippen molar-refractivity contribution in [3.05, 3.63) is 24.3 Å². The van der Waals surface area contributed by atoms with Gasteiger partial charge in [-0.2, -0.15) is 0 Å². The van der Waals surface area contributed by atoms with E-state index in [4.69, 9.17) is 15.6 Å². The van der Waals surface area contributed by atoms with Gasteiger partial charge in [-0.3, -0.25) is 4.79 Å². The molecule has 1 amide bonds. The maximum Gasteiger partial charge on any atom is 0.223 e. The summed E-state index contributed by atoms with van der Waals surface area (Å²) in [5.74, 6) is 0.659. The molecule has 0 atom stereocenters. The Morgan fingerprint density at radius 2 is 2.05 bits per heavy atom. The maximum absolute atomic E-state index is 11.6. The summed E-state index contributed by atoms with van der Waals surface area (Å²) >= 11 is 0. The van der Waals surface area contributed by atoms with Gasteiger partial charge in [-0.05, 0) is 37.1 Å². The Labute approximate surface area is 112 Å². The molecule has 0 heterocycles. The summed E-state index contributed by atoms with van der Waals surface area (Å²) in [7, 11) is 0. The minimum absolute atomic E-state index is 0.0461. The number of carbonyl (C=O) groups is 1. The first kappa shape index (κ1) is 13.7. The summed E-state index contributed by atoms with van der Waals surface area (Å²) in [6, 6.07) is 7.07. The van der Waals surface area contributed by atoms with Crippen molar-refractivity contribution in [2.45, 2.75) is 19.3 Å². The second-order valence-electron chi connectivity index (χ2n) is 5.10. The van der Waals surface area contributed by atoms with Crippen molar-refractivity contribution in [3.63, 3.8) is 0 Å². The molecule has 1 aromatic rings. The zero-order valence-corrected chi connectivity index (χ0v) is 10.9. The normalized spacial score (nSPS) is 15.8. The molecule has 0 bridgehead atoms. The van der Waals surface area contributed by atoms with Crippen LogP contribution < -0.4 is 15.8 Å². The van der Waals surface area contributed by atoms with Gasteiger partial charge in [0.25, 0.3) is 0 Å². The van der Waals surface area contributed by atoms with Crippen LogP contribution in [0.5, 0.6) is 5.75 Å². The number of benzene rings is 1. The van der Waals surface area contributed by atoms with Gasteiger partial charge in [0.1, 0.15) is 5.75 Å². The van der Waals surface area contributed by atoms with Crippen LogP contribution in [0, 0.1) is 5.41 Å². The van der Waals surface area contributed by atoms with Gasteiger partial charge in [0.05, 0.1) is 19.6 Å². The molecule has 5 heteroatoms. The van der Waals surface area contributed by atoms with Crippen LogP contribution in [0.3, 0.4) is 0 Å². The molecule has 1 aromatic carbocycles. The number of carbonyl (C=O) groups excluding carboxylic acids is 1. The fourth-order valence-electron chi connectivity index (χ4n) is 1.77. The number of nitrogens with two attached hydrogens (primary N) is 1. The van der Waals surface area contributed by atoms with Crippen molar-refractivity contribution >= 4 is 11.6 Å². The van der Waals surface area contributed by atoms with Gasteiger partial charge < -0.3 is 20.9 Å². The quantitative estimate of drug-likeness (QED) is 0.639. The van der Waals surface area contributed by atoms with E-state index in [2.05, 4.69) is 5.32 Å². The number of hydrogen-bond acceptors (Lipinski definition) is 4. The van der Waals surface area contributed by atoms with Gasteiger partial charge >= 0.3 is 0 Å². The average molecular weight is 264 g/mol. The number of amides is 1. The second kappa shape index (κ2) is 5.93. The van der Waals surface area contributed by atoms with E-state index in [1.54, 1.807) is 24.3 Å². The van der Waals surface area contributed by atoms with Crippen LogP contribution in [0.15, 0.2) is 24.3 Å². The highest BCUT2D eigenvalue weighted by atomic mass is 16.5. The summed E-state index contributed by atoms with van der Waals surface area (Å²) in [5.41, 5.74) is 6.20. The van der Waals surface area contributed by atoms with Crippen molar-refractivity contribution in [3.8, 4) is 5.75 Å². The predicted molar refractivity (Wildman–Crippen MR) is 72.7 cm³/mol. The van der Waals surface area contributed by atoms with Crippen LogP contribution in [0.2, 0.25) is 0 Å². The van der Waals surface area contributed by atoms with Crippen LogP contribution in [0.25, 0.3) is 0 Å². The second-order valence-corrected chi connectivity index (χ2v) is 5.10. The number of aliphatic hydroxyl groups excluding tert-OH is 1. The fourth-order valence-corrected chi connectivity index (χ4v) is 1.77. The van der Waals surface area contributed by atoms with E-state index >= 15 is 0 Å². The monoisotopic (exact) mass is 264 g/mol. The molecular weight excluding hydrogens is 244 g/mol. The average Bonchev–Trinajstić information content (AvgIpc) is 3.19. The summed E-state index contributed by atoms with van der Waals surface area (Å²) in [6.07, 6.45) is 2.29. The van der Waals surface area contributed by atoms with E-state index in [-0.39, 0.29) is 17.9 Å². The third kappa shape index (κ3) is 4.13. The van der Waals surface area contributed by atoms with E-state index in [0.29, 0.717) is 31.0 Å². The molecule has 0 aromatic heterocycles. The van der Waals surface area contributed by atoms with Crippen molar-refractivity contribution in [1.82, 2.24) is 5.32 Å². The SMILES string of the molecule is Nc1ccc(OCCC(=O)NCC2(CO)CC2)cc1. The summed E-state index contributed by atoms with van der Waals surface area (Å²) in [5, 5.41) is 12.0. The van der Waals surface area contributed by atoms with Crippen LogP contribution in [0.1, 0.15) is 19.3 Å². The summed E-state index contributed by atoms with van der Waals surface area (Å²) < 4.78 is 5.44. The van der Waals surface area contributed by atoms with Crippen molar-refractivity contribution < 1.29 is 14.6 Å². The maximum atomic E-state index is 11.6. The van der Waals surface area contributed by atoms with Crippen molar-refractivity contribution in [2.75, 3.05) is 25.5 Å². The highest BCUT2D eigenvalue weighted by Crippen LogP contribution is 2.44. The first-order chi connectivity index (χ1) is 9.13. The van der Waals surface area contributed by atoms with Crippen LogP contribution >= 0.6 is 0 Å². The number of nitrogens with one attached hydrogen (secondary N) is 1. The highest BCUT2D eigenvalue weighted by Gasteiger charge is 2.41. The topological polar surface area (TPSA) is 84.6 Å². The van der Waals surface area contributed by atoms with E-state index in [1.807, 2.05) is 0 Å². The number of rotatable bonds is 7. The number of ether oxygens (including phenoxy) is 1. The lowest BCUT2D eigenvalue weighted by molar-refractivity contribution is -0.121. The third-order valence-electron chi connectivity index (χ3n) is 3.43. The number of hydrogen-bond donors (Lipinski definition) is 3. The molecule has 2 rings (SSSR count). The molecule has 1 aliphatic carbocycles. The summed E-state index contributed by atoms with van der Waals surface area (Å²) in [4.78, 5) is 11.6. The first-order valence-corrected chi connectivity index (χ1v) is 6.49. The minimum Gasteiger partial charge on any atom is -0.493 e. The van der Waals surface area contributed by atoms with Gasteiger partial charge in [0.2, 0.25) is 5.91 Å². The molecular formula is C14H20N2O3. The van der Waals surface area contributed by atoms with Gasteiger partial charge in [-0.15, -0.1) is 0 Å². The molecule has 0 unspecified atom stereocenters. The lowest BCUT2D eigenvalue weighted by Gasteiger charge is -2.12. The van der Waals surface area contributed by atoms with Crippen LogP contribution in [-0.2, 0) is 4.79 Å². The first-order valence-electron chi connectivity index (χ1n) is 6.49. The minimum atomic E-state index is -0.0481. The van der Waals surface area contributed by atoms with Gasteiger partial charge in [0, 0.05) is 17.6 Å². The van der Waals surface area contributed by atoms with Gasteiger partial charge in [0.15, 0.2) is 0 Å². The lowest BCUT2D eigenvalue weighted by atomic mass is 10.1. The molecule has 4 N–H and O–H groups in total. The van der Waals surface area contributed by atoms with Crippen molar-refractivity contribution in [2.24, 2.45) is 5.41 Å². The molecule has 0 aliphatic heterocycles. The Morgan fingerprint density at radius 3 is 2.63 bits per heavy atom. The molecule has 1 fully saturated rings. The van der Waals surface area contributed by atoms with Crippen LogP contribution in [0.4, 0.5) is 5.69 Å². The van der Waals surface area contributed by atoms with Gasteiger partial charge in [-0.25, -0.2) is 0 Å². The Hall–Kier alpha value is -1.75. The molecule has 1 aliphatic rings. The van der Waals surface area contributed by atoms with Crippen molar-refractivity contribution in [1.29, 1.82) is 0 Å². The molecule has 0 radical (unpaired) electrons. The molecule has 19 heavy (non-hydrogen) atoms. The standard InChI is InChI=1S/C14H20N2O3/c15-11-1-3-12(4-2-11)19-8-5-13(18)16-9-14(10-17)6-7-14/h1-4,17H,5-10,15H2,(H,16,18). The zero-order valence-electron chi connectivity index (χ0n) is 10.9. The van der Waals surface area contributed by atoms with E-state index in [9.17, 15) is 4.79 Å². The number of nitrogen functional groups attached to an aromatic ring is 1. The smallest absolute Gasteiger partial charge is 0.223 e. The van der Waals surface area contributed by atoms with E-state index < -0.39 is 0 Å². The van der Waals surface area contributed by atoms with Crippen LogP contribution in [-0.4, -0.2) is 30.8 Å². The number of anilines is 1. The third-order valence-corrected chi connectivity index (χ3v) is 3.43. The Kier molecular flexibility index (Phi) is 4.27. The zero-order chi connectivity index (χ0) is 13.7. The molecule has 1 saturated carbocycles. The fraction of sp³-hybridized carbons (Fsp3) is 0.500. The number of aliphatic hydroxyl groups is 1. The predicted octanol–water partition coefficient (Wildman–Crippen LogP) is 0.926. The lowest BCUT2D eigenvalue weighted by Crippen LogP contribution is -2.32. The highest BCUT2D eigenvalue weighted by molar-refractivity contribution is 5.76. The molecule has 0 saturated heterocycles. The molecule has 104 valence electrons. The Bertz CT molecular complexity index is 427. The van der Waals surface area contributed by atoms with Gasteiger partial charge in [-0.1, -0.05) is 0 Å². The Balaban J connectivity index is 1.62. The van der Waals surface area contributed by atoms with E-state index in [1.165, 1.54) is 0 Å². The summed E-state index contributed by atoms with van der Waals surface area (Å²) in [6.45, 7) is 1.04. The molecule has 0 spiro atoms. The Morgan fingerprint density at radius 1 is 1.37 bits per heavy atom. The molecule has 5 nitrogen and oxygen atoms in total. The largest absolute Gasteiger partial charge is 0.493 e.